The highest BCUT2D eigenvalue weighted by atomic mass is 19.2. The molecule has 0 saturated carbocycles. The Bertz CT molecular complexity index is 340. The van der Waals surface area contributed by atoms with E-state index in [0.29, 0.717) is 0 Å². The predicted molar refractivity (Wildman–Crippen MR) is 52.5 cm³/mol. The van der Waals surface area contributed by atoms with E-state index in [1.54, 1.807) is 0 Å². The Morgan fingerprint density at radius 1 is 0.867 bits per heavy atom. The molecule has 0 bridgehead atoms. The van der Waals surface area contributed by atoms with Crippen LogP contribution in [0.25, 0.3) is 6.08 Å². The van der Waals surface area contributed by atoms with Gasteiger partial charge in [0.15, 0.2) is 23.3 Å². The first-order chi connectivity index (χ1) is 7.00. The van der Waals surface area contributed by atoms with E-state index in [9.17, 15) is 17.6 Å². The Kier molecular flexibility index (Phi) is 5.05. The number of halogens is 4. The minimum Gasteiger partial charge on any atom is -0.203 e. The summed E-state index contributed by atoms with van der Waals surface area (Å²) in [5.74, 6) is -5.58. The molecule has 15 heavy (non-hydrogen) atoms. The van der Waals surface area contributed by atoms with Gasteiger partial charge < -0.3 is 0 Å². The van der Waals surface area contributed by atoms with Crippen LogP contribution < -0.4 is 0 Å². The van der Waals surface area contributed by atoms with Gasteiger partial charge in [-0.15, -0.1) is 0 Å². The minimum atomic E-state index is -1.41. The lowest BCUT2D eigenvalue weighted by molar-refractivity contribution is 0.442. The maximum atomic E-state index is 12.9. The third kappa shape index (κ3) is 2.37. The van der Waals surface area contributed by atoms with E-state index in [4.69, 9.17) is 0 Å². The maximum absolute atomic E-state index is 12.9. The van der Waals surface area contributed by atoms with Gasteiger partial charge >= 0.3 is 0 Å². The lowest BCUT2D eigenvalue weighted by Gasteiger charge is -2.05. The van der Waals surface area contributed by atoms with Crippen LogP contribution in [0.4, 0.5) is 17.6 Å². The summed E-state index contributed by atoms with van der Waals surface area (Å²) in [6.45, 7) is 8.01. The molecule has 0 aliphatic carbocycles. The molecule has 0 atom stereocenters. The summed E-state index contributed by atoms with van der Waals surface area (Å²) in [6, 6.07) is 0. The molecule has 0 aromatic heterocycles. The molecule has 0 fully saturated rings. The van der Waals surface area contributed by atoms with Crippen LogP contribution in [0.5, 0.6) is 0 Å². The average molecular weight is 220 g/mol. The van der Waals surface area contributed by atoms with Crippen LogP contribution in [0.15, 0.2) is 6.58 Å². The molecule has 0 heterocycles. The van der Waals surface area contributed by atoms with Crippen molar-refractivity contribution < 1.29 is 17.6 Å². The number of benzene rings is 1. The van der Waals surface area contributed by atoms with Crippen molar-refractivity contribution in [2.24, 2.45) is 0 Å². The predicted octanol–water partition coefficient (Wildman–Crippen LogP) is 4.22. The Balaban J connectivity index is 0.000000921. The Morgan fingerprint density at radius 3 is 1.47 bits per heavy atom. The van der Waals surface area contributed by atoms with Crippen LogP contribution in [-0.4, -0.2) is 0 Å². The van der Waals surface area contributed by atoms with Crippen molar-refractivity contribution in [1.29, 1.82) is 0 Å². The fourth-order valence-corrected chi connectivity index (χ4v) is 0.938. The van der Waals surface area contributed by atoms with Crippen molar-refractivity contribution in [1.82, 2.24) is 0 Å². The van der Waals surface area contributed by atoms with Gasteiger partial charge in [0.25, 0.3) is 0 Å². The molecule has 0 N–H and O–H groups in total. The van der Waals surface area contributed by atoms with E-state index in [-0.39, 0.29) is 0 Å². The zero-order valence-corrected chi connectivity index (χ0v) is 8.80. The minimum absolute atomic E-state index is 0.666. The van der Waals surface area contributed by atoms with Gasteiger partial charge in [-0.05, 0) is 6.92 Å². The average Bonchev–Trinajstić information content (AvgIpc) is 2.27. The van der Waals surface area contributed by atoms with Crippen molar-refractivity contribution >= 4 is 6.08 Å². The highest BCUT2D eigenvalue weighted by Crippen LogP contribution is 2.23. The molecule has 0 amide bonds. The van der Waals surface area contributed by atoms with Gasteiger partial charge in [0, 0.05) is 5.56 Å². The Labute approximate surface area is 86.2 Å². The van der Waals surface area contributed by atoms with E-state index in [1.165, 1.54) is 0 Å². The van der Waals surface area contributed by atoms with Gasteiger partial charge in [-0.2, -0.15) is 0 Å². The van der Waals surface area contributed by atoms with Crippen molar-refractivity contribution in [2.45, 2.75) is 20.8 Å². The SMILES string of the molecule is C=Cc1c(F)c(F)c(C)c(F)c1F.CC. The normalized spacial score (nSPS) is 9.27. The zero-order valence-electron chi connectivity index (χ0n) is 8.80. The second-order valence-corrected chi connectivity index (χ2v) is 2.50. The molecular formula is C11H12F4. The van der Waals surface area contributed by atoms with Crippen LogP contribution in [0.2, 0.25) is 0 Å². The van der Waals surface area contributed by atoms with Crippen molar-refractivity contribution in [2.75, 3.05) is 0 Å². The number of hydrogen-bond donors (Lipinski definition) is 0. The number of hydrogen-bond acceptors (Lipinski definition) is 0. The van der Waals surface area contributed by atoms with Gasteiger partial charge in [0.05, 0.1) is 5.56 Å². The Hall–Kier alpha value is -1.32. The van der Waals surface area contributed by atoms with Gasteiger partial charge in [-0.1, -0.05) is 26.5 Å². The highest BCUT2D eigenvalue weighted by molar-refractivity contribution is 5.50. The first-order valence-electron chi connectivity index (χ1n) is 4.45. The quantitative estimate of drug-likeness (QED) is 0.491. The van der Waals surface area contributed by atoms with Crippen LogP contribution in [0, 0.1) is 30.2 Å². The molecule has 1 rings (SSSR count). The van der Waals surface area contributed by atoms with Gasteiger partial charge in [0.1, 0.15) is 0 Å². The molecule has 0 nitrogen and oxygen atoms in total. The van der Waals surface area contributed by atoms with E-state index in [2.05, 4.69) is 6.58 Å². The van der Waals surface area contributed by atoms with Gasteiger partial charge in [-0.25, -0.2) is 17.6 Å². The van der Waals surface area contributed by atoms with E-state index >= 15 is 0 Å². The van der Waals surface area contributed by atoms with Crippen LogP contribution in [0.1, 0.15) is 25.0 Å². The lowest BCUT2D eigenvalue weighted by Crippen LogP contribution is -2.02. The lowest BCUT2D eigenvalue weighted by atomic mass is 10.1. The van der Waals surface area contributed by atoms with E-state index < -0.39 is 34.4 Å². The smallest absolute Gasteiger partial charge is 0.169 e. The topological polar surface area (TPSA) is 0 Å². The first-order valence-corrected chi connectivity index (χ1v) is 4.45. The Morgan fingerprint density at radius 2 is 1.20 bits per heavy atom. The molecule has 0 unspecified atom stereocenters. The maximum Gasteiger partial charge on any atom is 0.169 e. The van der Waals surface area contributed by atoms with Crippen LogP contribution >= 0.6 is 0 Å². The summed E-state index contributed by atoms with van der Waals surface area (Å²) in [5, 5.41) is 0. The second kappa shape index (κ2) is 5.53. The second-order valence-electron chi connectivity index (χ2n) is 2.50. The summed E-state index contributed by atoms with van der Waals surface area (Å²) >= 11 is 0. The molecule has 0 radical (unpaired) electrons. The standard InChI is InChI=1S/C9H6F4.C2H6/c1-3-5-8(12)6(10)4(2)7(11)9(5)13;1-2/h3H,1H2,2H3;1-2H3. The zero-order chi connectivity index (χ0) is 12.2. The van der Waals surface area contributed by atoms with Crippen LogP contribution in [-0.2, 0) is 0 Å². The third-order valence-electron chi connectivity index (χ3n) is 1.72. The number of rotatable bonds is 1. The van der Waals surface area contributed by atoms with E-state index in [0.717, 1.165) is 13.0 Å². The molecule has 1 aromatic rings. The summed E-state index contributed by atoms with van der Waals surface area (Å²) in [6.07, 6.45) is 0.732. The van der Waals surface area contributed by atoms with Gasteiger partial charge in [-0.3, -0.25) is 0 Å². The summed E-state index contributed by atoms with van der Waals surface area (Å²) < 4.78 is 51.3. The summed E-state index contributed by atoms with van der Waals surface area (Å²) in [7, 11) is 0. The fraction of sp³-hybridized carbons (Fsp3) is 0.273. The van der Waals surface area contributed by atoms with Gasteiger partial charge in [0.2, 0.25) is 0 Å². The molecule has 0 saturated heterocycles. The van der Waals surface area contributed by atoms with Crippen molar-refractivity contribution in [3.8, 4) is 0 Å². The molecular weight excluding hydrogens is 208 g/mol. The molecule has 0 spiro atoms. The molecule has 0 aliphatic heterocycles. The molecule has 4 heteroatoms. The molecule has 84 valence electrons. The molecule has 1 aromatic carbocycles. The van der Waals surface area contributed by atoms with Crippen molar-refractivity contribution in [3.05, 3.63) is 41.0 Å². The largest absolute Gasteiger partial charge is 0.203 e. The molecule has 0 aliphatic rings. The summed E-state index contributed by atoms with van der Waals surface area (Å²) in [4.78, 5) is 0. The first kappa shape index (κ1) is 13.7. The fourth-order valence-electron chi connectivity index (χ4n) is 0.938. The van der Waals surface area contributed by atoms with E-state index in [1.807, 2.05) is 13.8 Å². The highest BCUT2D eigenvalue weighted by Gasteiger charge is 2.20. The third-order valence-corrected chi connectivity index (χ3v) is 1.72. The van der Waals surface area contributed by atoms with Crippen LogP contribution in [0.3, 0.4) is 0 Å². The summed E-state index contributed by atoms with van der Waals surface area (Å²) in [5.41, 5.74) is -1.44. The van der Waals surface area contributed by atoms with Crippen molar-refractivity contribution in [3.63, 3.8) is 0 Å². The monoisotopic (exact) mass is 220 g/mol.